The molecule has 2 rings (SSSR count). The van der Waals surface area contributed by atoms with Crippen molar-refractivity contribution in [2.75, 3.05) is 0 Å². The third-order valence-electron chi connectivity index (χ3n) is 3.93. The highest BCUT2D eigenvalue weighted by Crippen LogP contribution is 2.36. The Bertz CT molecular complexity index is 624. The third-order valence-corrected chi connectivity index (χ3v) is 4.82. The Labute approximate surface area is 120 Å². The second kappa shape index (κ2) is 4.56. The Morgan fingerprint density at radius 2 is 1.55 bits per heavy atom. The summed E-state index contributed by atoms with van der Waals surface area (Å²) in [6.45, 7) is 9.60. The van der Waals surface area contributed by atoms with Gasteiger partial charge in [0.25, 0.3) is 0 Å². The Morgan fingerprint density at radius 1 is 1.05 bits per heavy atom. The number of primary sulfonamides is 1. The summed E-state index contributed by atoms with van der Waals surface area (Å²) in [6, 6.07) is 4.88. The minimum Gasteiger partial charge on any atom is -0.399 e. The lowest BCUT2D eigenvalue weighted by molar-refractivity contribution is 0.00578. The predicted octanol–water partition coefficient (Wildman–Crippen LogP) is 0.942. The summed E-state index contributed by atoms with van der Waals surface area (Å²) in [7, 11) is -4.34. The first kappa shape index (κ1) is 15.5. The first-order chi connectivity index (χ1) is 8.92. The van der Waals surface area contributed by atoms with Crippen LogP contribution in [0.4, 0.5) is 0 Å². The summed E-state index contributed by atoms with van der Waals surface area (Å²) in [5.41, 5.74) is 0.515. The molecule has 1 saturated heterocycles. The quantitative estimate of drug-likeness (QED) is 0.824. The molecule has 7 heteroatoms. The molecule has 1 aliphatic heterocycles. The van der Waals surface area contributed by atoms with E-state index in [0.717, 1.165) is 5.56 Å². The molecule has 1 aromatic rings. The molecule has 1 aromatic carbocycles. The van der Waals surface area contributed by atoms with Gasteiger partial charge in [-0.25, -0.2) is 13.6 Å². The van der Waals surface area contributed by atoms with Crippen LogP contribution in [0.5, 0.6) is 0 Å². The van der Waals surface area contributed by atoms with E-state index in [0.29, 0.717) is 5.46 Å². The van der Waals surface area contributed by atoms with Crippen LogP contribution in [0, 0.1) is 6.92 Å². The second-order valence-corrected chi connectivity index (χ2v) is 7.77. The minimum absolute atomic E-state index is 0.0715. The largest absolute Gasteiger partial charge is 0.494 e. The maximum atomic E-state index is 11.5. The van der Waals surface area contributed by atoms with Crippen LogP contribution >= 0.6 is 0 Å². The van der Waals surface area contributed by atoms with Crippen LogP contribution in [-0.2, 0) is 19.3 Å². The van der Waals surface area contributed by atoms with Crippen molar-refractivity contribution in [1.82, 2.24) is 0 Å². The highest BCUT2D eigenvalue weighted by Gasteiger charge is 2.51. The van der Waals surface area contributed by atoms with Crippen LogP contribution in [0.3, 0.4) is 0 Å². The van der Waals surface area contributed by atoms with Crippen LogP contribution in [0.25, 0.3) is 0 Å². The number of aryl methyl sites for hydroxylation is 1. The Morgan fingerprint density at radius 3 is 2.00 bits per heavy atom. The van der Waals surface area contributed by atoms with Gasteiger partial charge in [0.15, 0.2) is 0 Å². The molecule has 5 nitrogen and oxygen atoms in total. The van der Waals surface area contributed by atoms with Gasteiger partial charge in [0.1, 0.15) is 0 Å². The van der Waals surface area contributed by atoms with E-state index >= 15 is 0 Å². The number of rotatable bonds is 2. The fourth-order valence-electron chi connectivity index (χ4n) is 2.06. The van der Waals surface area contributed by atoms with E-state index in [-0.39, 0.29) is 4.90 Å². The molecule has 0 atom stereocenters. The summed E-state index contributed by atoms with van der Waals surface area (Å²) in [6.07, 6.45) is 0. The van der Waals surface area contributed by atoms with Crippen molar-refractivity contribution in [3.63, 3.8) is 0 Å². The Hall–Kier alpha value is -0.885. The molecule has 20 heavy (non-hydrogen) atoms. The summed E-state index contributed by atoms with van der Waals surface area (Å²) in [4.78, 5) is 0.0715. The van der Waals surface area contributed by atoms with Gasteiger partial charge in [-0.05, 0) is 52.2 Å². The van der Waals surface area contributed by atoms with Crippen LogP contribution in [0.2, 0.25) is 0 Å². The first-order valence-electron chi connectivity index (χ1n) is 6.42. The number of benzene rings is 1. The lowest BCUT2D eigenvalue weighted by Crippen LogP contribution is -2.41. The van der Waals surface area contributed by atoms with Crippen molar-refractivity contribution < 1.29 is 17.7 Å². The van der Waals surface area contributed by atoms with Gasteiger partial charge in [-0.1, -0.05) is 11.6 Å². The lowest BCUT2D eigenvalue weighted by Gasteiger charge is -2.32. The first-order valence-corrected chi connectivity index (χ1v) is 7.97. The molecular formula is C13H20BNO4S. The monoisotopic (exact) mass is 297 g/mol. The van der Waals surface area contributed by atoms with Gasteiger partial charge in [0.2, 0.25) is 10.0 Å². The van der Waals surface area contributed by atoms with Crippen molar-refractivity contribution >= 4 is 22.6 Å². The van der Waals surface area contributed by atoms with Gasteiger partial charge in [0.05, 0.1) is 16.1 Å². The smallest absolute Gasteiger partial charge is 0.399 e. The molecule has 1 heterocycles. The van der Waals surface area contributed by atoms with Crippen LogP contribution in [0.1, 0.15) is 33.3 Å². The summed E-state index contributed by atoms with van der Waals surface area (Å²) in [5.74, 6) is 0. The van der Waals surface area contributed by atoms with Gasteiger partial charge in [-0.2, -0.15) is 0 Å². The van der Waals surface area contributed by atoms with Crippen molar-refractivity contribution in [2.45, 2.75) is 50.7 Å². The Kier molecular flexibility index (Phi) is 3.53. The minimum atomic E-state index is -3.75. The zero-order valence-corrected chi connectivity index (χ0v) is 13.2. The highest BCUT2D eigenvalue weighted by atomic mass is 32.2. The van der Waals surface area contributed by atoms with Crippen LogP contribution < -0.4 is 10.6 Å². The van der Waals surface area contributed by atoms with Gasteiger partial charge >= 0.3 is 7.12 Å². The lowest BCUT2D eigenvalue weighted by atomic mass is 9.78. The van der Waals surface area contributed by atoms with E-state index in [1.807, 2.05) is 40.7 Å². The molecule has 0 bridgehead atoms. The van der Waals surface area contributed by atoms with E-state index in [1.165, 1.54) is 12.1 Å². The van der Waals surface area contributed by atoms with E-state index in [4.69, 9.17) is 14.4 Å². The van der Waals surface area contributed by atoms with E-state index in [1.54, 1.807) is 0 Å². The average molecular weight is 297 g/mol. The highest BCUT2D eigenvalue weighted by molar-refractivity contribution is 7.89. The van der Waals surface area contributed by atoms with E-state index in [9.17, 15) is 8.42 Å². The molecule has 0 aromatic heterocycles. The third kappa shape index (κ3) is 2.76. The molecule has 0 spiro atoms. The molecule has 1 aliphatic rings. The molecule has 0 saturated carbocycles. The maximum Gasteiger partial charge on any atom is 0.494 e. The summed E-state index contributed by atoms with van der Waals surface area (Å²) < 4.78 is 34.8. The average Bonchev–Trinajstić information content (AvgIpc) is 2.46. The van der Waals surface area contributed by atoms with Gasteiger partial charge in [0, 0.05) is 0 Å². The normalized spacial score (nSPS) is 21.2. The van der Waals surface area contributed by atoms with Crippen molar-refractivity contribution in [1.29, 1.82) is 0 Å². The van der Waals surface area contributed by atoms with Crippen LogP contribution in [0.15, 0.2) is 23.1 Å². The molecule has 0 aliphatic carbocycles. The zero-order chi connectivity index (χ0) is 15.3. The molecule has 2 N–H and O–H groups in total. The van der Waals surface area contributed by atoms with Crippen molar-refractivity contribution in [3.8, 4) is 0 Å². The standard InChI is InChI=1S/C13H20BNO4S/c1-9-6-10(8-11(7-9)20(15,16)17)14-18-12(2,3)13(4,5)19-14/h6-8H,1-5H3,(H2,15,16,17). The van der Waals surface area contributed by atoms with Gasteiger partial charge in [-0.3, -0.25) is 0 Å². The predicted molar refractivity (Wildman–Crippen MR) is 78.3 cm³/mol. The second-order valence-electron chi connectivity index (χ2n) is 6.21. The van der Waals surface area contributed by atoms with E-state index < -0.39 is 28.3 Å². The van der Waals surface area contributed by atoms with Gasteiger partial charge < -0.3 is 9.31 Å². The number of sulfonamides is 1. The molecule has 0 radical (unpaired) electrons. The zero-order valence-electron chi connectivity index (χ0n) is 12.4. The summed E-state index contributed by atoms with van der Waals surface area (Å²) >= 11 is 0. The topological polar surface area (TPSA) is 78.6 Å². The fraction of sp³-hybridized carbons (Fsp3) is 0.538. The van der Waals surface area contributed by atoms with Crippen LogP contribution in [-0.4, -0.2) is 26.7 Å². The fourth-order valence-corrected chi connectivity index (χ4v) is 2.71. The van der Waals surface area contributed by atoms with E-state index in [2.05, 4.69) is 0 Å². The molecule has 110 valence electrons. The molecule has 1 fully saturated rings. The summed E-state index contributed by atoms with van der Waals surface area (Å²) in [5, 5.41) is 5.19. The van der Waals surface area contributed by atoms with Crippen molar-refractivity contribution in [3.05, 3.63) is 23.8 Å². The molecular weight excluding hydrogens is 277 g/mol. The Balaban J connectivity index is 2.44. The SMILES string of the molecule is Cc1cc(B2OC(C)(C)C(C)(C)O2)cc(S(N)(=O)=O)c1. The number of hydrogen-bond acceptors (Lipinski definition) is 4. The molecule has 0 amide bonds. The molecule has 0 unspecified atom stereocenters. The van der Waals surface area contributed by atoms with Crippen molar-refractivity contribution in [2.24, 2.45) is 5.14 Å². The maximum absolute atomic E-state index is 11.5. The van der Waals surface area contributed by atoms with Gasteiger partial charge in [-0.15, -0.1) is 0 Å². The number of hydrogen-bond donors (Lipinski definition) is 1. The number of nitrogens with two attached hydrogens (primary N) is 1.